The second kappa shape index (κ2) is 8.61. The number of fused-ring (bicyclic) bond motifs is 1. The number of benzene rings is 2. The zero-order chi connectivity index (χ0) is 20.1. The number of aryl methyl sites for hydroxylation is 1. The first kappa shape index (κ1) is 20.2. The molecular weight excluding hydrogens is 348 g/mol. The topological polar surface area (TPSA) is 43.3 Å². The summed E-state index contributed by atoms with van der Waals surface area (Å²) < 4.78 is 7.31. The van der Waals surface area contributed by atoms with Gasteiger partial charge in [-0.05, 0) is 46.5 Å². The Kier molecular flexibility index (Phi) is 6.20. The Labute approximate surface area is 167 Å². The summed E-state index contributed by atoms with van der Waals surface area (Å²) in [5.41, 5.74) is 4.58. The molecule has 4 nitrogen and oxygen atoms in total. The van der Waals surface area contributed by atoms with Crippen molar-refractivity contribution in [2.75, 3.05) is 19.0 Å². The van der Waals surface area contributed by atoms with Crippen molar-refractivity contribution in [2.45, 2.75) is 45.6 Å². The van der Waals surface area contributed by atoms with E-state index < -0.39 is 0 Å². The molecule has 0 saturated carbocycles. The van der Waals surface area contributed by atoms with Crippen LogP contribution in [0.4, 0.5) is 5.69 Å². The minimum absolute atomic E-state index is 0.0363. The summed E-state index contributed by atoms with van der Waals surface area (Å²) in [4.78, 5) is 12.4. The molecule has 0 aliphatic rings. The Morgan fingerprint density at radius 3 is 2.50 bits per heavy atom. The van der Waals surface area contributed by atoms with E-state index in [4.69, 9.17) is 4.74 Å². The number of carbonyl (C=O) groups excluding carboxylic acids is 1. The summed E-state index contributed by atoms with van der Waals surface area (Å²) in [5.74, 6) is 0.0363. The first-order valence-electron chi connectivity index (χ1n) is 9.84. The van der Waals surface area contributed by atoms with Crippen LogP contribution in [0.5, 0.6) is 0 Å². The van der Waals surface area contributed by atoms with Crippen LogP contribution >= 0.6 is 0 Å². The minimum atomic E-state index is 0.0363. The summed E-state index contributed by atoms with van der Waals surface area (Å²) in [6.45, 7) is 8.07. The van der Waals surface area contributed by atoms with Gasteiger partial charge < -0.3 is 14.6 Å². The number of hydrogen-bond donors (Lipinski definition) is 1. The second-order valence-corrected chi connectivity index (χ2v) is 8.27. The summed E-state index contributed by atoms with van der Waals surface area (Å²) in [5, 5.41) is 4.19. The van der Waals surface area contributed by atoms with Gasteiger partial charge in [0.15, 0.2) is 0 Å². The van der Waals surface area contributed by atoms with Crippen molar-refractivity contribution >= 4 is 22.5 Å². The van der Waals surface area contributed by atoms with Crippen LogP contribution in [-0.4, -0.2) is 24.2 Å². The number of nitrogens with one attached hydrogen (secondary N) is 1. The SMILES string of the molecule is COCCn1ccc2ccc(NC(=O)CCc3ccc(C(C)(C)C)cc3)cc21. The van der Waals surface area contributed by atoms with E-state index >= 15 is 0 Å². The predicted molar refractivity (Wildman–Crippen MR) is 116 cm³/mol. The van der Waals surface area contributed by atoms with Gasteiger partial charge in [0.1, 0.15) is 0 Å². The van der Waals surface area contributed by atoms with E-state index in [9.17, 15) is 4.79 Å². The number of hydrogen-bond acceptors (Lipinski definition) is 2. The van der Waals surface area contributed by atoms with E-state index in [1.165, 1.54) is 11.1 Å². The lowest BCUT2D eigenvalue weighted by molar-refractivity contribution is -0.116. The second-order valence-electron chi connectivity index (χ2n) is 8.27. The molecule has 1 aromatic heterocycles. The molecular formula is C24H30N2O2. The summed E-state index contributed by atoms with van der Waals surface area (Å²) >= 11 is 0. The highest BCUT2D eigenvalue weighted by Gasteiger charge is 2.13. The lowest BCUT2D eigenvalue weighted by Gasteiger charge is -2.19. The maximum Gasteiger partial charge on any atom is 0.224 e. The Bertz CT molecular complexity index is 933. The van der Waals surface area contributed by atoms with Gasteiger partial charge in [0.05, 0.1) is 12.1 Å². The standard InChI is InChI=1S/C24H30N2O2/c1-24(2,3)20-9-5-18(6-10-20)7-12-23(27)25-21-11-8-19-13-14-26(15-16-28-4)22(19)17-21/h5-6,8-11,13-14,17H,7,12,15-16H2,1-4H3,(H,25,27). The number of methoxy groups -OCH3 is 1. The Hall–Kier alpha value is -2.59. The normalized spacial score (nSPS) is 11.7. The van der Waals surface area contributed by atoms with Crippen LogP contribution in [0.25, 0.3) is 10.9 Å². The van der Waals surface area contributed by atoms with Crippen LogP contribution in [0.3, 0.4) is 0 Å². The first-order valence-corrected chi connectivity index (χ1v) is 9.84. The molecule has 0 atom stereocenters. The zero-order valence-electron chi connectivity index (χ0n) is 17.3. The third-order valence-electron chi connectivity index (χ3n) is 5.05. The van der Waals surface area contributed by atoms with Crippen LogP contribution in [0.15, 0.2) is 54.7 Å². The van der Waals surface area contributed by atoms with Crippen molar-refractivity contribution in [1.82, 2.24) is 4.57 Å². The quantitative estimate of drug-likeness (QED) is 0.617. The Balaban J connectivity index is 1.60. The number of nitrogens with zero attached hydrogens (tertiary/aromatic N) is 1. The summed E-state index contributed by atoms with van der Waals surface area (Å²) in [6.07, 6.45) is 3.26. The molecule has 0 radical (unpaired) electrons. The molecule has 0 bridgehead atoms. The zero-order valence-corrected chi connectivity index (χ0v) is 17.3. The van der Waals surface area contributed by atoms with Gasteiger partial charge in [0.25, 0.3) is 0 Å². The Morgan fingerprint density at radius 2 is 1.82 bits per heavy atom. The van der Waals surface area contributed by atoms with Crippen LogP contribution in [0.2, 0.25) is 0 Å². The van der Waals surface area contributed by atoms with Crippen molar-refractivity contribution in [1.29, 1.82) is 0 Å². The molecule has 3 aromatic rings. The van der Waals surface area contributed by atoms with Crippen molar-refractivity contribution in [3.63, 3.8) is 0 Å². The third-order valence-corrected chi connectivity index (χ3v) is 5.05. The molecule has 3 rings (SSSR count). The molecule has 1 N–H and O–H groups in total. The highest BCUT2D eigenvalue weighted by atomic mass is 16.5. The molecule has 0 aliphatic carbocycles. The van der Waals surface area contributed by atoms with Gasteiger partial charge in [0, 0.05) is 32.0 Å². The number of amides is 1. The van der Waals surface area contributed by atoms with E-state index in [1.54, 1.807) is 7.11 Å². The van der Waals surface area contributed by atoms with Crippen molar-refractivity contribution < 1.29 is 9.53 Å². The number of aromatic nitrogens is 1. The molecule has 2 aromatic carbocycles. The average Bonchev–Trinajstić information content (AvgIpc) is 3.06. The molecule has 0 aliphatic heterocycles. The average molecular weight is 379 g/mol. The highest BCUT2D eigenvalue weighted by molar-refractivity contribution is 5.93. The smallest absolute Gasteiger partial charge is 0.224 e. The van der Waals surface area contributed by atoms with Gasteiger partial charge in [-0.3, -0.25) is 4.79 Å². The van der Waals surface area contributed by atoms with Crippen molar-refractivity contribution in [2.24, 2.45) is 0 Å². The largest absolute Gasteiger partial charge is 0.383 e. The minimum Gasteiger partial charge on any atom is -0.383 e. The highest BCUT2D eigenvalue weighted by Crippen LogP contribution is 2.23. The van der Waals surface area contributed by atoms with E-state index in [0.717, 1.165) is 29.6 Å². The van der Waals surface area contributed by atoms with Gasteiger partial charge in [-0.25, -0.2) is 0 Å². The van der Waals surface area contributed by atoms with Crippen molar-refractivity contribution in [3.8, 4) is 0 Å². The molecule has 1 amide bonds. The lowest BCUT2D eigenvalue weighted by Crippen LogP contribution is -2.13. The molecule has 148 valence electrons. The number of anilines is 1. The third kappa shape index (κ3) is 5.02. The van der Waals surface area contributed by atoms with Gasteiger partial charge in [-0.1, -0.05) is 51.1 Å². The van der Waals surface area contributed by atoms with E-state index in [-0.39, 0.29) is 11.3 Å². The van der Waals surface area contributed by atoms with Crippen molar-refractivity contribution in [3.05, 3.63) is 65.9 Å². The van der Waals surface area contributed by atoms with Crippen LogP contribution < -0.4 is 5.32 Å². The predicted octanol–water partition coefficient (Wildman–Crippen LogP) is 5.16. The van der Waals surface area contributed by atoms with Gasteiger partial charge in [-0.15, -0.1) is 0 Å². The molecule has 1 heterocycles. The molecule has 4 heteroatoms. The van der Waals surface area contributed by atoms with E-state index in [1.807, 2.05) is 18.2 Å². The van der Waals surface area contributed by atoms with Gasteiger partial charge in [0.2, 0.25) is 5.91 Å². The fraction of sp³-hybridized carbons (Fsp3) is 0.375. The summed E-state index contributed by atoms with van der Waals surface area (Å²) in [6, 6.07) is 16.7. The number of rotatable bonds is 7. The Morgan fingerprint density at radius 1 is 1.07 bits per heavy atom. The monoisotopic (exact) mass is 378 g/mol. The summed E-state index contributed by atoms with van der Waals surface area (Å²) in [7, 11) is 1.70. The van der Waals surface area contributed by atoms with Gasteiger partial charge in [-0.2, -0.15) is 0 Å². The number of carbonyl (C=O) groups is 1. The molecule has 0 fully saturated rings. The van der Waals surface area contributed by atoms with E-state index in [2.05, 4.69) is 67.2 Å². The molecule has 0 saturated heterocycles. The van der Waals surface area contributed by atoms with E-state index in [0.29, 0.717) is 13.0 Å². The van der Waals surface area contributed by atoms with Crippen LogP contribution in [0, 0.1) is 0 Å². The molecule has 0 spiro atoms. The molecule has 28 heavy (non-hydrogen) atoms. The fourth-order valence-electron chi connectivity index (χ4n) is 3.30. The maximum atomic E-state index is 12.4. The van der Waals surface area contributed by atoms with Crippen LogP contribution in [0.1, 0.15) is 38.3 Å². The number of ether oxygens (including phenoxy) is 1. The maximum absolute atomic E-state index is 12.4. The first-order chi connectivity index (χ1) is 13.4. The lowest BCUT2D eigenvalue weighted by atomic mass is 9.86. The van der Waals surface area contributed by atoms with Gasteiger partial charge >= 0.3 is 0 Å². The molecule has 0 unspecified atom stereocenters. The van der Waals surface area contributed by atoms with Crippen LogP contribution in [-0.2, 0) is 27.9 Å². The fourth-order valence-corrected chi connectivity index (χ4v) is 3.30.